The molecule has 2 aliphatic heterocycles. The van der Waals surface area contributed by atoms with Crippen LogP contribution < -0.4 is 4.90 Å². The van der Waals surface area contributed by atoms with Gasteiger partial charge in [0, 0.05) is 45.2 Å². The van der Waals surface area contributed by atoms with E-state index < -0.39 is 0 Å². The van der Waals surface area contributed by atoms with Gasteiger partial charge in [0.2, 0.25) is 11.8 Å². The van der Waals surface area contributed by atoms with Crippen molar-refractivity contribution in [2.45, 2.75) is 12.8 Å². The lowest BCUT2D eigenvalue weighted by atomic mass is 9.95. The second kappa shape index (κ2) is 7.63. The summed E-state index contributed by atoms with van der Waals surface area (Å²) >= 11 is 0. The largest absolute Gasteiger partial charge is 0.353 e. The van der Waals surface area contributed by atoms with Crippen molar-refractivity contribution in [3.05, 3.63) is 36.8 Å². The first-order valence-electron chi connectivity index (χ1n) is 8.65. The van der Waals surface area contributed by atoms with Crippen molar-refractivity contribution in [3.63, 3.8) is 0 Å². The summed E-state index contributed by atoms with van der Waals surface area (Å²) < 4.78 is 13.0. The minimum Gasteiger partial charge on any atom is -0.353 e. The number of carbonyl (C=O) groups is 2. The number of hydrogen-bond donors (Lipinski definition) is 0. The number of carbonyl (C=O) groups excluding carboxylic acids is 2. The first-order valence-corrected chi connectivity index (χ1v) is 8.65. The molecular formula is C18H23FN4O2. The molecule has 1 aromatic rings. The monoisotopic (exact) mass is 346 g/mol. The number of likely N-dealkylation sites (tertiary alicyclic amines) is 1. The summed E-state index contributed by atoms with van der Waals surface area (Å²) in [5.41, 5.74) is 0. The third-order valence-electron chi connectivity index (χ3n) is 4.96. The molecule has 2 amide bonds. The molecule has 3 rings (SSSR count). The van der Waals surface area contributed by atoms with E-state index in [1.165, 1.54) is 18.3 Å². The standard InChI is InChI=1S/C18H23FN4O2/c1-2-17(24)22-7-5-14(6-8-22)18(25)23-11-9-21(10-12-23)16-4-3-15(19)13-20-16/h2-4,13-14H,1,5-12H2. The lowest BCUT2D eigenvalue weighted by Gasteiger charge is -2.38. The zero-order valence-electron chi connectivity index (χ0n) is 14.2. The summed E-state index contributed by atoms with van der Waals surface area (Å²) in [5, 5.41) is 0. The molecule has 0 N–H and O–H groups in total. The highest BCUT2D eigenvalue weighted by Crippen LogP contribution is 2.21. The molecule has 2 fully saturated rings. The first-order chi connectivity index (χ1) is 12.1. The first kappa shape index (κ1) is 17.4. The van der Waals surface area contributed by atoms with Crippen LogP contribution in [0.5, 0.6) is 0 Å². The van der Waals surface area contributed by atoms with Gasteiger partial charge in [-0.1, -0.05) is 6.58 Å². The zero-order chi connectivity index (χ0) is 17.8. The lowest BCUT2D eigenvalue weighted by molar-refractivity contribution is -0.139. The minimum absolute atomic E-state index is 0.00985. The minimum atomic E-state index is -0.348. The molecule has 3 heterocycles. The maximum absolute atomic E-state index is 13.0. The molecule has 7 heteroatoms. The van der Waals surface area contributed by atoms with Gasteiger partial charge in [-0.2, -0.15) is 0 Å². The summed E-state index contributed by atoms with van der Waals surface area (Å²) in [6.45, 7) is 7.40. The van der Waals surface area contributed by atoms with E-state index in [9.17, 15) is 14.0 Å². The summed E-state index contributed by atoms with van der Waals surface area (Å²) in [6, 6.07) is 3.07. The van der Waals surface area contributed by atoms with E-state index in [4.69, 9.17) is 0 Å². The fourth-order valence-corrected chi connectivity index (χ4v) is 3.45. The van der Waals surface area contributed by atoms with Crippen LogP contribution in [0.4, 0.5) is 10.2 Å². The lowest BCUT2D eigenvalue weighted by Crippen LogP contribution is -2.52. The van der Waals surface area contributed by atoms with E-state index in [1.807, 2.05) is 4.90 Å². The smallest absolute Gasteiger partial charge is 0.245 e. The van der Waals surface area contributed by atoms with Gasteiger partial charge in [-0.15, -0.1) is 0 Å². The van der Waals surface area contributed by atoms with Crippen molar-refractivity contribution < 1.29 is 14.0 Å². The van der Waals surface area contributed by atoms with Gasteiger partial charge in [0.25, 0.3) is 0 Å². The Bertz CT molecular complexity index is 633. The molecule has 0 bridgehead atoms. The predicted octanol–water partition coefficient (Wildman–Crippen LogP) is 1.29. The van der Waals surface area contributed by atoms with E-state index in [1.54, 1.807) is 11.0 Å². The topological polar surface area (TPSA) is 56.8 Å². The van der Waals surface area contributed by atoms with Crippen molar-refractivity contribution >= 4 is 17.6 Å². The second-order valence-electron chi connectivity index (χ2n) is 6.45. The Hall–Kier alpha value is -2.44. The highest BCUT2D eigenvalue weighted by atomic mass is 19.1. The molecular weight excluding hydrogens is 323 g/mol. The van der Waals surface area contributed by atoms with Gasteiger partial charge in [-0.05, 0) is 31.1 Å². The molecule has 2 aliphatic rings. The molecule has 134 valence electrons. The molecule has 6 nitrogen and oxygen atoms in total. The number of amides is 2. The number of halogens is 1. The normalized spacial score (nSPS) is 19.0. The summed E-state index contributed by atoms with van der Waals surface area (Å²) in [7, 11) is 0. The predicted molar refractivity (Wildman–Crippen MR) is 92.5 cm³/mol. The maximum Gasteiger partial charge on any atom is 0.245 e. The quantitative estimate of drug-likeness (QED) is 0.774. The van der Waals surface area contributed by atoms with Crippen LogP contribution in [-0.2, 0) is 9.59 Å². The van der Waals surface area contributed by atoms with E-state index in [0.29, 0.717) is 52.1 Å². The summed E-state index contributed by atoms with van der Waals surface area (Å²) in [6.07, 6.45) is 3.95. The fourth-order valence-electron chi connectivity index (χ4n) is 3.45. The van der Waals surface area contributed by atoms with Crippen molar-refractivity contribution in [2.24, 2.45) is 5.92 Å². The van der Waals surface area contributed by atoms with Gasteiger partial charge in [0.1, 0.15) is 11.6 Å². The molecule has 0 radical (unpaired) electrons. The number of nitrogens with zero attached hydrogens (tertiary/aromatic N) is 4. The van der Waals surface area contributed by atoms with E-state index in [2.05, 4.69) is 16.5 Å². The molecule has 0 spiro atoms. The highest BCUT2D eigenvalue weighted by Gasteiger charge is 2.31. The molecule has 0 aliphatic carbocycles. The van der Waals surface area contributed by atoms with Crippen LogP contribution in [0.15, 0.2) is 31.0 Å². The summed E-state index contributed by atoms with van der Waals surface area (Å²) in [5.74, 6) is 0.497. The Kier molecular flexibility index (Phi) is 5.31. The van der Waals surface area contributed by atoms with E-state index in [0.717, 1.165) is 5.82 Å². The van der Waals surface area contributed by atoms with E-state index >= 15 is 0 Å². The third kappa shape index (κ3) is 3.97. The zero-order valence-corrected chi connectivity index (χ0v) is 14.2. The average molecular weight is 346 g/mol. The number of rotatable bonds is 3. The van der Waals surface area contributed by atoms with Crippen LogP contribution in [0.3, 0.4) is 0 Å². The van der Waals surface area contributed by atoms with Crippen LogP contribution in [0.25, 0.3) is 0 Å². The Labute approximate surface area is 146 Å². The van der Waals surface area contributed by atoms with E-state index in [-0.39, 0.29) is 23.5 Å². The van der Waals surface area contributed by atoms with Crippen molar-refractivity contribution in [1.29, 1.82) is 0 Å². The molecule has 25 heavy (non-hydrogen) atoms. The highest BCUT2D eigenvalue weighted by molar-refractivity contribution is 5.87. The molecule has 2 saturated heterocycles. The number of piperidine rings is 1. The Morgan fingerprint density at radius 1 is 1.08 bits per heavy atom. The number of piperazine rings is 1. The SMILES string of the molecule is C=CC(=O)N1CCC(C(=O)N2CCN(c3ccc(F)cn3)CC2)CC1. The Morgan fingerprint density at radius 2 is 1.76 bits per heavy atom. The molecule has 0 aromatic carbocycles. The average Bonchev–Trinajstić information content (AvgIpc) is 2.67. The molecule has 0 saturated carbocycles. The van der Waals surface area contributed by atoms with Gasteiger partial charge in [0.05, 0.1) is 6.20 Å². The number of pyridine rings is 1. The second-order valence-corrected chi connectivity index (χ2v) is 6.45. The van der Waals surface area contributed by atoms with Crippen LogP contribution in [0.2, 0.25) is 0 Å². The van der Waals surface area contributed by atoms with Gasteiger partial charge in [-0.3, -0.25) is 9.59 Å². The fraction of sp³-hybridized carbons (Fsp3) is 0.500. The molecule has 0 unspecified atom stereocenters. The van der Waals surface area contributed by atoms with Crippen LogP contribution in [-0.4, -0.2) is 65.9 Å². The van der Waals surface area contributed by atoms with Crippen molar-refractivity contribution in [2.75, 3.05) is 44.2 Å². The van der Waals surface area contributed by atoms with Crippen molar-refractivity contribution in [3.8, 4) is 0 Å². The molecule has 1 aromatic heterocycles. The van der Waals surface area contributed by atoms with Crippen molar-refractivity contribution in [1.82, 2.24) is 14.8 Å². The van der Waals surface area contributed by atoms with Crippen LogP contribution in [0.1, 0.15) is 12.8 Å². The summed E-state index contributed by atoms with van der Waals surface area (Å²) in [4.78, 5) is 34.1. The van der Waals surface area contributed by atoms with Gasteiger partial charge >= 0.3 is 0 Å². The number of anilines is 1. The van der Waals surface area contributed by atoms with Gasteiger partial charge in [-0.25, -0.2) is 9.37 Å². The van der Waals surface area contributed by atoms with Gasteiger partial charge in [0.15, 0.2) is 0 Å². The van der Waals surface area contributed by atoms with Crippen LogP contribution in [0, 0.1) is 11.7 Å². The van der Waals surface area contributed by atoms with Crippen LogP contribution >= 0.6 is 0 Å². The molecule has 0 atom stereocenters. The number of aromatic nitrogens is 1. The third-order valence-corrected chi connectivity index (χ3v) is 4.96. The Morgan fingerprint density at radius 3 is 2.32 bits per heavy atom. The number of hydrogen-bond acceptors (Lipinski definition) is 4. The van der Waals surface area contributed by atoms with Gasteiger partial charge < -0.3 is 14.7 Å². The maximum atomic E-state index is 13.0. The Balaban J connectivity index is 1.49.